The molecule has 2 aliphatic rings. The predicted octanol–water partition coefficient (Wildman–Crippen LogP) is 4.42. The molecule has 3 aromatic carbocycles. The smallest absolute Gasteiger partial charge is 0.227 e. The molecule has 0 unspecified atom stereocenters. The Morgan fingerprint density at radius 2 is 1.79 bits per heavy atom. The molecule has 2 amide bonds. The summed E-state index contributed by atoms with van der Waals surface area (Å²) in [6.45, 7) is 9.35. The van der Waals surface area contributed by atoms with Crippen LogP contribution in [0, 0.1) is 5.92 Å². The van der Waals surface area contributed by atoms with Gasteiger partial charge in [-0.2, -0.15) is 0 Å². The second kappa shape index (κ2) is 16.7. The van der Waals surface area contributed by atoms with Crippen molar-refractivity contribution in [3.63, 3.8) is 0 Å². The zero-order valence-electron chi connectivity index (χ0n) is 27.8. The zero-order valence-corrected chi connectivity index (χ0v) is 27.8. The number of ether oxygens (including phenoxy) is 3. The van der Waals surface area contributed by atoms with Gasteiger partial charge in [-0.25, -0.2) is 0 Å². The van der Waals surface area contributed by atoms with E-state index in [4.69, 9.17) is 14.2 Å². The van der Waals surface area contributed by atoms with Crippen LogP contribution in [0.3, 0.4) is 0 Å². The fourth-order valence-electron chi connectivity index (χ4n) is 6.00. The van der Waals surface area contributed by atoms with E-state index >= 15 is 0 Å². The van der Waals surface area contributed by atoms with Crippen LogP contribution >= 0.6 is 0 Å². The normalized spacial score (nSPS) is 19.6. The van der Waals surface area contributed by atoms with E-state index in [9.17, 15) is 14.7 Å². The average Bonchev–Trinajstić information content (AvgIpc) is 3.12. The summed E-state index contributed by atoms with van der Waals surface area (Å²) in [6, 6.07) is 23.0. The lowest BCUT2D eigenvalue weighted by atomic mass is 10.0. The van der Waals surface area contributed by atoms with Gasteiger partial charge < -0.3 is 29.5 Å². The lowest BCUT2D eigenvalue weighted by Crippen LogP contribution is -2.47. The summed E-state index contributed by atoms with van der Waals surface area (Å²) in [5, 5.41) is 13.0. The Balaban J connectivity index is 1.27. The first-order chi connectivity index (χ1) is 22.8. The van der Waals surface area contributed by atoms with Crippen molar-refractivity contribution in [2.75, 3.05) is 64.9 Å². The van der Waals surface area contributed by atoms with Crippen LogP contribution in [0.4, 0.5) is 5.69 Å². The SMILES string of the molecule is C[C@@H]1CN([C@H](C)CO)C(=O)Cc2cc(NC(=O)CCN3CCOCC3)ccc2O[C@@H]1CN(C)Cc1ccc(Oc2ccccc2)cc1. The first kappa shape index (κ1) is 34.4. The number of para-hydroxylation sites is 1. The number of aliphatic hydroxyl groups excluding tert-OH is 1. The molecule has 0 aromatic heterocycles. The Hall–Kier alpha value is -3.96. The molecule has 47 heavy (non-hydrogen) atoms. The molecule has 0 radical (unpaired) electrons. The van der Waals surface area contributed by atoms with Crippen LogP contribution in [0.2, 0.25) is 0 Å². The van der Waals surface area contributed by atoms with Crippen LogP contribution in [0.5, 0.6) is 17.2 Å². The second-order valence-electron chi connectivity index (χ2n) is 12.7. The fourth-order valence-corrected chi connectivity index (χ4v) is 6.00. The Bertz CT molecular complexity index is 1450. The van der Waals surface area contributed by atoms with Gasteiger partial charge >= 0.3 is 0 Å². The lowest BCUT2D eigenvalue weighted by Gasteiger charge is -2.34. The number of hydrogen-bond acceptors (Lipinski definition) is 8. The van der Waals surface area contributed by atoms with Crippen molar-refractivity contribution in [3.05, 3.63) is 83.9 Å². The zero-order chi connectivity index (χ0) is 33.2. The molecule has 252 valence electrons. The van der Waals surface area contributed by atoms with E-state index in [0.29, 0.717) is 62.8 Å². The third-order valence-corrected chi connectivity index (χ3v) is 8.81. The van der Waals surface area contributed by atoms with Crippen molar-refractivity contribution in [3.8, 4) is 17.2 Å². The highest BCUT2D eigenvalue weighted by Gasteiger charge is 2.31. The summed E-state index contributed by atoms with van der Waals surface area (Å²) >= 11 is 0. The molecule has 10 nitrogen and oxygen atoms in total. The van der Waals surface area contributed by atoms with Gasteiger partial charge in [0.2, 0.25) is 11.8 Å². The second-order valence-corrected chi connectivity index (χ2v) is 12.7. The third kappa shape index (κ3) is 10.0. The van der Waals surface area contributed by atoms with Gasteiger partial charge in [0.25, 0.3) is 0 Å². The summed E-state index contributed by atoms with van der Waals surface area (Å²) < 4.78 is 18.0. The molecule has 3 aromatic rings. The summed E-state index contributed by atoms with van der Waals surface area (Å²) in [5.74, 6) is 2.05. The van der Waals surface area contributed by atoms with Crippen LogP contribution in [0.25, 0.3) is 0 Å². The maximum absolute atomic E-state index is 13.6. The minimum atomic E-state index is -0.329. The molecule has 2 N–H and O–H groups in total. The Morgan fingerprint density at radius 1 is 1.06 bits per heavy atom. The molecule has 0 bridgehead atoms. The largest absolute Gasteiger partial charge is 0.488 e. The molecule has 0 spiro atoms. The number of rotatable bonds is 12. The van der Waals surface area contributed by atoms with Gasteiger partial charge in [0, 0.05) is 62.9 Å². The molecule has 3 atom stereocenters. The number of hydrogen-bond donors (Lipinski definition) is 2. The average molecular weight is 645 g/mol. The van der Waals surface area contributed by atoms with Crippen molar-refractivity contribution in [1.82, 2.24) is 14.7 Å². The van der Waals surface area contributed by atoms with Crippen molar-refractivity contribution < 1.29 is 28.9 Å². The molecule has 1 fully saturated rings. The minimum absolute atomic E-state index is 0.0115. The van der Waals surface area contributed by atoms with Crippen molar-refractivity contribution in [2.24, 2.45) is 5.92 Å². The Labute approximate surface area is 278 Å². The van der Waals surface area contributed by atoms with E-state index in [2.05, 4.69) is 41.2 Å². The van der Waals surface area contributed by atoms with Gasteiger partial charge in [0.15, 0.2) is 0 Å². The summed E-state index contributed by atoms with van der Waals surface area (Å²) in [6.07, 6.45) is 0.264. The molecule has 2 heterocycles. The third-order valence-electron chi connectivity index (χ3n) is 8.81. The van der Waals surface area contributed by atoms with Crippen LogP contribution < -0.4 is 14.8 Å². The van der Waals surface area contributed by atoms with E-state index in [1.165, 1.54) is 0 Å². The molecule has 10 heteroatoms. The lowest BCUT2D eigenvalue weighted by molar-refractivity contribution is -0.134. The minimum Gasteiger partial charge on any atom is -0.488 e. The molecule has 1 saturated heterocycles. The number of carbonyl (C=O) groups is 2. The highest BCUT2D eigenvalue weighted by atomic mass is 16.5. The number of nitrogens with one attached hydrogen (secondary N) is 1. The molecular weight excluding hydrogens is 596 g/mol. The maximum Gasteiger partial charge on any atom is 0.227 e. The Morgan fingerprint density at radius 3 is 2.51 bits per heavy atom. The van der Waals surface area contributed by atoms with Crippen LogP contribution in [0.1, 0.15) is 31.4 Å². The number of benzene rings is 3. The van der Waals surface area contributed by atoms with Gasteiger partial charge in [-0.15, -0.1) is 0 Å². The van der Waals surface area contributed by atoms with Gasteiger partial charge in [0.05, 0.1) is 32.3 Å². The first-order valence-corrected chi connectivity index (χ1v) is 16.6. The Kier molecular flexibility index (Phi) is 12.2. The number of amides is 2. The number of likely N-dealkylation sites (N-methyl/N-ethyl adjacent to an activating group) is 1. The number of anilines is 1. The molecule has 5 rings (SSSR count). The molecule has 0 saturated carbocycles. The topological polar surface area (TPSA) is 104 Å². The highest BCUT2D eigenvalue weighted by Crippen LogP contribution is 2.30. The molecule has 2 aliphatic heterocycles. The van der Waals surface area contributed by atoms with Crippen molar-refractivity contribution in [2.45, 2.75) is 45.4 Å². The van der Waals surface area contributed by atoms with Gasteiger partial charge in [-0.1, -0.05) is 37.3 Å². The maximum atomic E-state index is 13.6. The number of fused-ring (bicyclic) bond motifs is 1. The number of nitrogens with zero attached hydrogens (tertiary/aromatic N) is 3. The summed E-state index contributed by atoms with van der Waals surface area (Å²) in [7, 11) is 2.06. The first-order valence-electron chi connectivity index (χ1n) is 16.6. The van der Waals surface area contributed by atoms with Gasteiger partial charge in [-0.3, -0.25) is 19.4 Å². The monoisotopic (exact) mass is 644 g/mol. The van der Waals surface area contributed by atoms with E-state index in [-0.39, 0.29) is 42.9 Å². The number of morpholine rings is 1. The number of carbonyl (C=O) groups excluding carboxylic acids is 2. The van der Waals surface area contributed by atoms with Crippen LogP contribution in [0.15, 0.2) is 72.8 Å². The fraction of sp³-hybridized carbons (Fsp3) is 0.459. The quantitative estimate of drug-likeness (QED) is 0.299. The van der Waals surface area contributed by atoms with Gasteiger partial charge in [0.1, 0.15) is 23.4 Å². The van der Waals surface area contributed by atoms with Gasteiger partial charge in [-0.05, 0) is 62.0 Å². The van der Waals surface area contributed by atoms with E-state index < -0.39 is 0 Å². The summed E-state index contributed by atoms with van der Waals surface area (Å²) in [4.78, 5) is 32.6. The van der Waals surface area contributed by atoms with Crippen molar-refractivity contribution in [1.29, 1.82) is 0 Å². The van der Waals surface area contributed by atoms with Crippen molar-refractivity contribution >= 4 is 17.5 Å². The number of aliphatic hydroxyl groups is 1. The highest BCUT2D eigenvalue weighted by molar-refractivity contribution is 5.91. The van der Waals surface area contributed by atoms with E-state index in [1.807, 2.05) is 67.6 Å². The standard InChI is InChI=1S/C37H48N4O6/c1-27-23-41(28(2)26-42)37(44)22-30-21-31(38-36(43)15-16-40-17-19-45-20-18-40)11-14-34(30)47-35(27)25-39(3)24-29-9-12-33(13-10-29)46-32-7-5-4-6-8-32/h4-14,21,27-28,35,42H,15-20,22-26H2,1-3H3,(H,38,43)/t27-,28-,35-/m1/s1. The van der Waals surface area contributed by atoms with E-state index in [0.717, 1.165) is 30.2 Å². The predicted molar refractivity (Wildman–Crippen MR) is 182 cm³/mol. The van der Waals surface area contributed by atoms with E-state index in [1.54, 1.807) is 4.90 Å². The molecular formula is C37H48N4O6. The summed E-state index contributed by atoms with van der Waals surface area (Å²) in [5.41, 5.74) is 2.49. The van der Waals surface area contributed by atoms with Crippen LogP contribution in [-0.2, 0) is 27.3 Å². The molecule has 0 aliphatic carbocycles. The van der Waals surface area contributed by atoms with Crippen LogP contribution in [-0.4, -0.2) is 103 Å².